The highest BCUT2D eigenvalue weighted by Crippen LogP contribution is 2.30. The number of thiocarbonyl (C=S) groups is 1. The van der Waals surface area contributed by atoms with Crippen molar-refractivity contribution in [1.82, 2.24) is 4.90 Å². The fraction of sp³-hybridized carbons (Fsp3) is 0.240. The number of hydrogen-bond donors (Lipinski definition) is 2. The molecule has 3 aromatic rings. The summed E-state index contributed by atoms with van der Waals surface area (Å²) >= 11 is 5.51. The van der Waals surface area contributed by atoms with Gasteiger partial charge in [0.25, 0.3) is 0 Å². The molecule has 0 amide bonds. The molecule has 0 aliphatic carbocycles. The topological polar surface area (TPSA) is 19.7 Å². The maximum absolute atomic E-state index is 13.0. The van der Waals surface area contributed by atoms with Gasteiger partial charge in [0, 0.05) is 16.8 Å². The van der Waals surface area contributed by atoms with Crippen LogP contribution in [-0.2, 0) is 6.18 Å². The van der Waals surface area contributed by atoms with Crippen LogP contribution in [0.5, 0.6) is 0 Å². The first-order valence-electron chi connectivity index (χ1n) is 10.6. The number of halogens is 3. The van der Waals surface area contributed by atoms with Crippen LogP contribution in [0.15, 0.2) is 84.9 Å². The van der Waals surface area contributed by atoms with E-state index in [0.717, 1.165) is 38.3 Å². The molecule has 1 aliphatic rings. The summed E-state index contributed by atoms with van der Waals surface area (Å²) in [5, 5.41) is 3.44. The lowest BCUT2D eigenvalue weighted by Crippen LogP contribution is -3.15. The number of quaternary nitrogens is 1. The van der Waals surface area contributed by atoms with E-state index in [2.05, 4.69) is 53.8 Å². The molecule has 0 saturated carbocycles. The van der Waals surface area contributed by atoms with Gasteiger partial charge in [-0.2, -0.15) is 13.2 Å². The van der Waals surface area contributed by atoms with E-state index >= 15 is 0 Å². The van der Waals surface area contributed by atoms with E-state index in [-0.39, 0.29) is 6.04 Å². The van der Waals surface area contributed by atoms with Crippen molar-refractivity contribution in [3.8, 4) is 0 Å². The zero-order valence-corrected chi connectivity index (χ0v) is 18.3. The number of piperazine rings is 1. The van der Waals surface area contributed by atoms with Crippen molar-refractivity contribution in [2.24, 2.45) is 0 Å². The van der Waals surface area contributed by atoms with Crippen molar-refractivity contribution in [1.29, 1.82) is 0 Å². The Morgan fingerprint density at radius 3 is 1.94 bits per heavy atom. The van der Waals surface area contributed by atoms with E-state index in [1.807, 2.05) is 17.0 Å². The second-order valence-corrected chi connectivity index (χ2v) is 8.30. The minimum atomic E-state index is -4.38. The Morgan fingerprint density at radius 1 is 0.844 bits per heavy atom. The second kappa shape index (κ2) is 9.71. The van der Waals surface area contributed by atoms with Gasteiger partial charge in [0.15, 0.2) is 5.11 Å². The molecule has 0 bridgehead atoms. The standard InChI is InChI=1S/C25H24F3N3S/c26-25(27,28)21-12-7-13-22(18-21)29-24(32)31-16-14-30(15-17-31)23(19-8-3-1-4-9-19)20-10-5-2-6-11-20/h1-13,18,23H,14-17H2,(H,29,32)/p+1. The van der Waals surface area contributed by atoms with Gasteiger partial charge in [-0.15, -0.1) is 0 Å². The Hall–Kier alpha value is -2.90. The van der Waals surface area contributed by atoms with Gasteiger partial charge >= 0.3 is 6.18 Å². The summed E-state index contributed by atoms with van der Waals surface area (Å²) in [7, 11) is 0. The van der Waals surface area contributed by atoms with Crippen LogP contribution in [0.3, 0.4) is 0 Å². The van der Waals surface area contributed by atoms with Crippen LogP contribution in [-0.4, -0.2) is 36.2 Å². The predicted octanol–water partition coefficient (Wildman–Crippen LogP) is 4.39. The number of rotatable bonds is 4. The smallest absolute Gasteiger partial charge is 0.338 e. The minimum absolute atomic E-state index is 0.226. The fourth-order valence-corrected chi connectivity index (χ4v) is 4.52. The van der Waals surface area contributed by atoms with Gasteiger partial charge < -0.3 is 15.1 Å². The number of benzene rings is 3. The Balaban J connectivity index is 1.43. The molecule has 1 aliphatic heterocycles. The van der Waals surface area contributed by atoms with Gasteiger partial charge in [-0.05, 0) is 30.4 Å². The lowest BCUT2D eigenvalue weighted by atomic mass is 9.96. The molecule has 4 rings (SSSR count). The number of alkyl halides is 3. The first-order valence-corrected chi connectivity index (χ1v) is 11.0. The molecule has 1 heterocycles. The SMILES string of the molecule is FC(F)(F)c1cccc(NC(=S)N2CC[NH+](C(c3ccccc3)c3ccccc3)CC2)c1. The highest BCUT2D eigenvalue weighted by molar-refractivity contribution is 7.80. The van der Waals surface area contributed by atoms with Crippen LogP contribution in [0.25, 0.3) is 0 Å². The maximum atomic E-state index is 13.0. The van der Waals surface area contributed by atoms with Gasteiger partial charge in [0.2, 0.25) is 0 Å². The zero-order valence-electron chi connectivity index (χ0n) is 17.5. The Kier molecular flexibility index (Phi) is 6.77. The Labute approximate surface area is 191 Å². The monoisotopic (exact) mass is 456 g/mol. The summed E-state index contributed by atoms with van der Waals surface area (Å²) < 4.78 is 39.0. The first-order chi connectivity index (χ1) is 15.4. The van der Waals surface area contributed by atoms with E-state index in [9.17, 15) is 13.2 Å². The predicted molar refractivity (Wildman–Crippen MR) is 125 cm³/mol. The molecule has 3 nitrogen and oxygen atoms in total. The van der Waals surface area contributed by atoms with E-state index < -0.39 is 11.7 Å². The molecule has 1 fully saturated rings. The molecule has 0 spiro atoms. The highest BCUT2D eigenvalue weighted by Gasteiger charge is 2.32. The van der Waals surface area contributed by atoms with E-state index in [4.69, 9.17) is 12.2 Å². The number of nitrogens with zero attached hydrogens (tertiary/aromatic N) is 1. The van der Waals surface area contributed by atoms with Crippen molar-refractivity contribution in [2.45, 2.75) is 12.2 Å². The quantitative estimate of drug-likeness (QED) is 0.568. The van der Waals surface area contributed by atoms with Gasteiger partial charge in [0.05, 0.1) is 31.7 Å². The van der Waals surface area contributed by atoms with Crippen molar-refractivity contribution in [2.75, 3.05) is 31.5 Å². The third kappa shape index (κ3) is 5.29. The van der Waals surface area contributed by atoms with Crippen LogP contribution in [0.4, 0.5) is 18.9 Å². The second-order valence-electron chi connectivity index (χ2n) is 7.91. The number of nitrogens with one attached hydrogen (secondary N) is 2. The zero-order chi connectivity index (χ0) is 22.6. The molecule has 166 valence electrons. The molecule has 7 heteroatoms. The molecule has 2 N–H and O–H groups in total. The molecule has 1 saturated heterocycles. The molecule has 0 radical (unpaired) electrons. The molecule has 3 aromatic carbocycles. The van der Waals surface area contributed by atoms with Crippen LogP contribution >= 0.6 is 12.2 Å². The summed E-state index contributed by atoms with van der Waals surface area (Å²) in [5.41, 5.74) is 2.21. The van der Waals surface area contributed by atoms with Gasteiger partial charge in [0.1, 0.15) is 6.04 Å². The largest absolute Gasteiger partial charge is 0.416 e. The summed E-state index contributed by atoms with van der Waals surface area (Å²) in [6.07, 6.45) is -4.38. The maximum Gasteiger partial charge on any atom is 0.416 e. The van der Waals surface area contributed by atoms with Crippen LogP contribution in [0.1, 0.15) is 22.7 Å². The van der Waals surface area contributed by atoms with Crippen molar-refractivity contribution in [3.63, 3.8) is 0 Å². The van der Waals surface area contributed by atoms with Gasteiger partial charge in [-0.1, -0.05) is 66.7 Å². The van der Waals surface area contributed by atoms with Crippen LogP contribution in [0, 0.1) is 0 Å². The van der Waals surface area contributed by atoms with Crippen molar-refractivity contribution >= 4 is 23.0 Å². The van der Waals surface area contributed by atoms with Crippen molar-refractivity contribution in [3.05, 3.63) is 102 Å². The van der Waals surface area contributed by atoms with Gasteiger partial charge in [-0.3, -0.25) is 0 Å². The number of hydrogen-bond acceptors (Lipinski definition) is 1. The lowest BCUT2D eigenvalue weighted by molar-refractivity contribution is -0.929. The average Bonchev–Trinajstić information content (AvgIpc) is 2.81. The fourth-order valence-electron chi connectivity index (χ4n) is 4.22. The lowest BCUT2D eigenvalue weighted by Gasteiger charge is -2.38. The molecular weight excluding hydrogens is 431 g/mol. The van der Waals surface area contributed by atoms with Crippen molar-refractivity contribution < 1.29 is 18.1 Å². The van der Waals surface area contributed by atoms with Gasteiger partial charge in [-0.25, -0.2) is 0 Å². The Morgan fingerprint density at radius 2 is 1.41 bits per heavy atom. The molecule has 32 heavy (non-hydrogen) atoms. The van der Waals surface area contributed by atoms with Crippen LogP contribution in [0.2, 0.25) is 0 Å². The van der Waals surface area contributed by atoms with Crippen LogP contribution < -0.4 is 10.2 Å². The first kappa shape index (κ1) is 22.3. The summed E-state index contributed by atoms with van der Waals surface area (Å²) in [4.78, 5) is 3.48. The Bertz CT molecular complexity index is 994. The normalized spacial score (nSPS) is 15.1. The molecule has 0 atom stereocenters. The van der Waals surface area contributed by atoms with E-state index in [1.165, 1.54) is 22.1 Å². The van der Waals surface area contributed by atoms with E-state index in [0.29, 0.717) is 10.8 Å². The molecular formula is C25H25F3N3S+. The summed E-state index contributed by atoms with van der Waals surface area (Å²) in [5.74, 6) is 0. The summed E-state index contributed by atoms with van der Waals surface area (Å²) in [6.45, 7) is 3.21. The highest BCUT2D eigenvalue weighted by atomic mass is 32.1. The average molecular weight is 457 g/mol. The molecule has 0 unspecified atom stereocenters. The third-order valence-electron chi connectivity index (χ3n) is 5.81. The third-order valence-corrected chi connectivity index (χ3v) is 6.17. The summed E-state index contributed by atoms with van der Waals surface area (Å²) in [6, 6.07) is 26.3. The minimum Gasteiger partial charge on any atom is -0.338 e. The molecule has 0 aromatic heterocycles. The number of anilines is 1. The van der Waals surface area contributed by atoms with E-state index in [1.54, 1.807) is 6.07 Å².